The monoisotopic (exact) mass is 402 g/mol. The van der Waals surface area contributed by atoms with E-state index in [1.807, 2.05) is 0 Å². The van der Waals surface area contributed by atoms with Crippen molar-refractivity contribution in [3.63, 3.8) is 0 Å². The van der Waals surface area contributed by atoms with Gasteiger partial charge in [-0.15, -0.1) is 0 Å². The molecule has 0 atom stereocenters. The first kappa shape index (κ1) is 18.5. The average Bonchev–Trinajstić information content (AvgIpc) is 3.32. The number of fused-ring (bicyclic) bond motifs is 1. The number of rotatable bonds is 3. The Bertz CT molecular complexity index is 1210. The minimum atomic E-state index is -4.74. The number of phenolic OH excluding ortho intramolecular Hbond substituents is 1. The van der Waals surface area contributed by atoms with Gasteiger partial charge < -0.3 is 14.8 Å². The van der Waals surface area contributed by atoms with Crippen LogP contribution >= 0.6 is 0 Å². The molecule has 3 aromatic heterocycles. The first-order chi connectivity index (χ1) is 13.7. The van der Waals surface area contributed by atoms with Crippen LogP contribution < -0.4 is 5.32 Å². The molecule has 0 saturated heterocycles. The minimum Gasteiger partial charge on any atom is -0.506 e. The SMILES string of the molecule is Cc1ccc(O)c(NC(=O)c2cc3nc(-c4ccco4)cc(C(F)(F)F)n3n2)c1. The topological polar surface area (TPSA) is 92.7 Å². The number of hydrogen-bond acceptors (Lipinski definition) is 5. The molecule has 0 spiro atoms. The Hall–Kier alpha value is -3.82. The third kappa shape index (κ3) is 3.51. The molecule has 10 heteroatoms. The molecule has 1 aromatic carbocycles. The number of nitrogens with zero attached hydrogens (tertiary/aromatic N) is 3. The maximum Gasteiger partial charge on any atom is 0.433 e. The van der Waals surface area contributed by atoms with E-state index in [0.29, 0.717) is 4.52 Å². The molecule has 4 rings (SSSR count). The van der Waals surface area contributed by atoms with Crippen LogP contribution in [0.1, 0.15) is 21.7 Å². The molecule has 0 fully saturated rings. The molecule has 4 aromatic rings. The largest absolute Gasteiger partial charge is 0.506 e. The number of furan rings is 1. The number of anilines is 1. The number of aryl methyl sites for hydroxylation is 1. The van der Waals surface area contributed by atoms with E-state index < -0.39 is 17.8 Å². The maximum atomic E-state index is 13.5. The predicted octanol–water partition coefficient (Wildman–Crippen LogP) is 4.27. The molecule has 0 unspecified atom stereocenters. The summed E-state index contributed by atoms with van der Waals surface area (Å²) >= 11 is 0. The van der Waals surface area contributed by atoms with Gasteiger partial charge in [-0.1, -0.05) is 6.07 Å². The molecule has 0 bridgehead atoms. The molecule has 148 valence electrons. The molecule has 1 amide bonds. The number of aromatic hydroxyl groups is 1. The number of carbonyl (C=O) groups is 1. The van der Waals surface area contributed by atoms with Gasteiger partial charge in [-0.2, -0.15) is 18.3 Å². The second-order valence-electron chi connectivity index (χ2n) is 6.28. The predicted molar refractivity (Wildman–Crippen MR) is 96.5 cm³/mol. The number of alkyl halides is 3. The van der Waals surface area contributed by atoms with E-state index in [9.17, 15) is 23.1 Å². The summed E-state index contributed by atoms with van der Waals surface area (Å²) in [5, 5.41) is 16.0. The molecule has 0 aliphatic rings. The summed E-state index contributed by atoms with van der Waals surface area (Å²) in [4.78, 5) is 16.6. The molecule has 7 nitrogen and oxygen atoms in total. The lowest BCUT2D eigenvalue weighted by atomic mass is 10.2. The van der Waals surface area contributed by atoms with Crippen LogP contribution in [0.2, 0.25) is 0 Å². The average molecular weight is 402 g/mol. The molecule has 0 saturated carbocycles. The maximum absolute atomic E-state index is 13.5. The number of aromatic nitrogens is 3. The Morgan fingerprint density at radius 2 is 2.00 bits per heavy atom. The van der Waals surface area contributed by atoms with Crippen molar-refractivity contribution in [2.45, 2.75) is 13.1 Å². The van der Waals surface area contributed by atoms with Gasteiger partial charge >= 0.3 is 6.18 Å². The van der Waals surface area contributed by atoms with Gasteiger partial charge in [0.05, 0.1) is 12.0 Å². The number of nitrogens with one attached hydrogen (secondary N) is 1. The van der Waals surface area contributed by atoms with Crippen LogP contribution in [0.3, 0.4) is 0 Å². The van der Waals surface area contributed by atoms with Crippen molar-refractivity contribution in [2.24, 2.45) is 0 Å². The third-order valence-electron chi connectivity index (χ3n) is 4.12. The Labute approximate surface area is 161 Å². The van der Waals surface area contributed by atoms with Crippen LogP contribution in [0.5, 0.6) is 5.75 Å². The number of phenols is 1. The summed E-state index contributed by atoms with van der Waals surface area (Å²) in [6.07, 6.45) is -3.42. The zero-order chi connectivity index (χ0) is 20.8. The fourth-order valence-corrected chi connectivity index (χ4v) is 2.77. The van der Waals surface area contributed by atoms with Crippen molar-refractivity contribution in [1.82, 2.24) is 14.6 Å². The van der Waals surface area contributed by atoms with Crippen molar-refractivity contribution >= 4 is 17.2 Å². The molecular formula is C19H13F3N4O3. The van der Waals surface area contributed by atoms with Crippen LogP contribution in [0.4, 0.5) is 18.9 Å². The zero-order valence-electron chi connectivity index (χ0n) is 14.9. The van der Waals surface area contributed by atoms with E-state index in [1.54, 1.807) is 13.0 Å². The van der Waals surface area contributed by atoms with Crippen LogP contribution in [-0.2, 0) is 6.18 Å². The highest BCUT2D eigenvalue weighted by Gasteiger charge is 2.36. The molecule has 0 aliphatic heterocycles. The Kier molecular flexibility index (Phi) is 4.26. The number of halogens is 3. The zero-order valence-corrected chi connectivity index (χ0v) is 14.9. The van der Waals surface area contributed by atoms with E-state index in [4.69, 9.17) is 4.42 Å². The first-order valence-corrected chi connectivity index (χ1v) is 8.35. The summed E-state index contributed by atoms with van der Waals surface area (Å²) in [5.74, 6) is -0.819. The quantitative estimate of drug-likeness (QED) is 0.499. The summed E-state index contributed by atoms with van der Waals surface area (Å²) in [5.41, 5.74) is -0.723. The van der Waals surface area contributed by atoms with Crippen molar-refractivity contribution in [1.29, 1.82) is 0 Å². The van der Waals surface area contributed by atoms with Gasteiger partial charge in [0.25, 0.3) is 5.91 Å². The number of carbonyl (C=O) groups excluding carboxylic acids is 1. The first-order valence-electron chi connectivity index (χ1n) is 8.35. The lowest BCUT2D eigenvalue weighted by Crippen LogP contribution is -2.15. The third-order valence-corrected chi connectivity index (χ3v) is 4.12. The lowest BCUT2D eigenvalue weighted by Gasteiger charge is -2.10. The molecule has 3 heterocycles. The van der Waals surface area contributed by atoms with E-state index in [1.165, 1.54) is 30.5 Å². The highest BCUT2D eigenvalue weighted by Crippen LogP contribution is 2.32. The molecular weight excluding hydrogens is 389 g/mol. The fourth-order valence-electron chi connectivity index (χ4n) is 2.77. The molecule has 0 radical (unpaired) electrons. The van der Waals surface area contributed by atoms with Gasteiger partial charge in [0.1, 0.15) is 11.4 Å². The van der Waals surface area contributed by atoms with Crippen LogP contribution in [-0.4, -0.2) is 25.6 Å². The summed E-state index contributed by atoms with van der Waals surface area (Å²) in [7, 11) is 0. The van der Waals surface area contributed by atoms with Crippen molar-refractivity contribution in [3.05, 3.63) is 65.7 Å². The normalized spacial score (nSPS) is 11.7. The number of benzene rings is 1. The molecule has 29 heavy (non-hydrogen) atoms. The Morgan fingerprint density at radius 1 is 1.21 bits per heavy atom. The van der Waals surface area contributed by atoms with Crippen molar-refractivity contribution in [2.75, 3.05) is 5.32 Å². The smallest absolute Gasteiger partial charge is 0.433 e. The van der Waals surface area contributed by atoms with Gasteiger partial charge in [0, 0.05) is 6.07 Å². The molecule has 2 N–H and O–H groups in total. The Morgan fingerprint density at radius 3 is 2.69 bits per heavy atom. The van der Waals surface area contributed by atoms with Crippen molar-refractivity contribution in [3.8, 4) is 17.2 Å². The standard InChI is InChI=1S/C19H13F3N4O3/c1-10-4-5-14(27)11(7-10)24-18(28)13-9-17-23-12(15-3-2-6-29-15)8-16(19(20,21)22)26(17)25-13/h2-9,27H,1H3,(H,24,28). The Balaban J connectivity index is 1.78. The van der Waals surface area contributed by atoms with Crippen LogP contribution in [0.15, 0.2) is 53.1 Å². The highest BCUT2D eigenvalue weighted by molar-refractivity contribution is 6.04. The van der Waals surface area contributed by atoms with Crippen LogP contribution in [0.25, 0.3) is 17.1 Å². The number of hydrogen-bond donors (Lipinski definition) is 2. The second-order valence-corrected chi connectivity index (χ2v) is 6.28. The van der Waals surface area contributed by atoms with Crippen LogP contribution in [0, 0.1) is 6.92 Å². The minimum absolute atomic E-state index is 0.0435. The van der Waals surface area contributed by atoms with Gasteiger partial charge in [-0.25, -0.2) is 9.50 Å². The summed E-state index contributed by atoms with van der Waals surface area (Å²) < 4.78 is 46.3. The summed E-state index contributed by atoms with van der Waals surface area (Å²) in [6.45, 7) is 1.76. The van der Waals surface area contributed by atoms with Gasteiger partial charge in [0.15, 0.2) is 22.8 Å². The van der Waals surface area contributed by atoms with Gasteiger partial charge in [0.2, 0.25) is 0 Å². The van der Waals surface area contributed by atoms with Gasteiger partial charge in [-0.3, -0.25) is 4.79 Å². The summed E-state index contributed by atoms with van der Waals surface area (Å²) in [6, 6.07) is 9.49. The molecule has 0 aliphatic carbocycles. The van der Waals surface area contributed by atoms with E-state index in [-0.39, 0.29) is 34.2 Å². The van der Waals surface area contributed by atoms with E-state index >= 15 is 0 Å². The lowest BCUT2D eigenvalue weighted by molar-refractivity contribution is -0.142. The van der Waals surface area contributed by atoms with E-state index in [0.717, 1.165) is 17.7 Å². The number of amides is 1. The van der Waals surface area contributed by atoms with E-state index in [2.05, 4.69) is 15.4 Å². The highest BCUT2D eigenvalue weighted by atomic mass is 19.4. The van der Waals surface area contributed by atoms with Gasteiger partial charge in [-0.05, 0) is 42.8 Å². The second kappa shape index (κ2) is 6.66. The fraction of sp³-hybridized carbons (Fsp3) is 0.105. The van der Waals surface area contributed by atoms with Crippen molar-refractivity contribution < 1.29 is 27.5 Å².